The van der Waals surface area contributed by atoms with Crippen LogP contribution in [0.15, 0.2) is 12.2 Å². The molecule has 0 aromatic rings. The molecule has 0 aromatic carbocycles. The van der Waals surface area contributed by atoms with Crippen LogP contribution in [-0.4, -0.2) is 69.5 Å². The summed E-state index contributed by atoms with van der Waals surface area (Å²) >= 11 is -8.99. The molecular formula is C30H71FGe4Si2. The van der Waals surface area contributed by atoms with E-state index >= 15 is 4.11 Å². The Morgan fingerprint density at radius 2 is 0.919 bits per heavy atom. The van der Waals surface area contributed by atoms with Crippen molar-refractivity contribution in [3.8, 4) is 0 Å². The van der Waals surface area contributed by atoms with Crippen LogP contribution in [0.3, 0.4) is 0 Å². The topological polar surface area (TPSA) is 0 Å². The molecule has 0 aliphatic carbocycles. The van der Waals surface area contributed by atoms with E-state index in [1.807, 2.05) is 0 Å². The molecule has 2 unspecified atom stereocenters. The summed E-state index contributed by atoms with van der Waals surface area (Å²) in [7, 11) is -4.83. The minimum absolute atomic E-state index is 0.226. The molecule has 0 aliphatic rings. The monoisotopic (exact) mass is 802 g/mol. The Labute approximate surface area is 248 Å². The van der Waals surface area contributed by atoms with Crippen molar-refractivity contribution in [2.75, 3.05) is 0 Å². The van der Waals surface area contributed by atoms with Crippen LogP contribution >= 0.6 is 0 Å². The first kappa shape index (κ1) is 39.3. The van der Waals surface area contributed by atoms with Crippen molar-refractivity contribution in [3.05, 3.63) is 12.2 Å². The van der Waals surface area contributed by atoms with Gasteiger partial charge in [-0.25, -0.2) is 0 Å². The molecule has 0 nitrogen and oxygen atoms in total. The van der Waals surface area contributed by atoms with Gasteiger partial charge in [0.25, 0.3) is 0 Å². The fourth-order valence-corrected chi connectivity index (χ4v) is 147. The Morgan fingerprint density at radius 1 is 0.622 bits per heavy atom. The zero-order valence-electron chi connectivity index (χ0n) is 29.7. The average Bonchev–Trinajstić information content (AvgIpc) is 2.45. The van der Waals surface area contributed by atoms with Crippen LogP contribution in [-0.2, 0) is 0 Å². The van der Waals surface area contributed by atoms with E-state index in [0.717, 1.165) is 9.25 Å². The van der Waals surface area contributed by atoms with Gasteiger partial charge in [-0.05, 0) is 0 Å². The van der Waals surface area contributed by atoms with Crippen LogP contribution in [0.25, 0.3) is 0 Å². The zero-order chi connectivity index (χ0) is 30.6. The first-order valence-corrected chi connectivity index (χ1v) is 49.1. The fourth-order valence-electron chi connectivity index (χ4n) is 9.46. The molecule has 0 spiro atoms. The normalized spacial score (nSPS) is 18.1. The Bertz CT molecular complexity index is 768. The molecule has 0 N–H and O–H groups in total. The maximum absolute atomic E-state index is 18.0. The van der Waals surface area contributed by atoms with E-state index in [1.54, 1.807) is 0 Å². The van der Waals surface area contributed by atoms with Crippen molar-refractivity contribution in [2.24, 2.45) is 0 Å². The van der Waals surface area contributed by atoms with Gasteiger partial charge in [0.05, 0.1) is 0 Å². The Kier molecular flexibility index (Phi) is 12.5. The molecule has 37 heavy (non-hydrogen) atoms. The number of hydrogen-bond donors (Lipinski definition) is 0. The number of rotatable bonds is 10. The van der Waals surface area contributed by atoms with Crippen molar-refractivity contribution < 1.29 is 4.11 Å². The first-order valence-electron chi connectivity index (χ1n) is 14.9. The van der Waals surface area contributed by atoms with Crippen LogP contribution in [0.4, 0.5) is 4.11 Å². The second-order valence-electron chi connectivity index (χ2n) is 19.9. The number of halogens is 1. The summed E-state index contributed by atoms with van der Waals surface area (Å²) in [4.78, 5) is 0. The second kappa shape index (κ2) is 11.8. The van der Waals surface area contributed by atoms with Crippen LogP contribution in [0.1, 0.15) is 62.3 Å². The molecule has 0 rings (SSSR count). The Morgan fingerprint density at radius 3 is 1.14 bits per heavy atom. The van der Waals surface area contributed by atoms with E-state index in [1.165, 1.54) is 10.8 Å². The molecule has 0 aromatic heterocycles. The van der Waals surface area contributed by atoms with Gasteiger partial charge in [-0.15, -0.1) is 0 Å². The van der Waals surface area contributed by atoms with Gasteiger partial charge in [0.1, 0.15) is 0 Å². The van der Waals surface area contributed by atoms with Gasteiger partial charge in [-0.2, -0.15) is 0 Å². The van der Waals surface area contributed by atoms with Crippen LogP contribution < -0.4 is 0 Å². The molecule has 0 heterocycles. The van der Waals surface area contributed by atoms with Gasteiger partial charge in [-0.3, -0.25) is 0 Å². The Hall–Kier alpha value is 2.28. The van der Waals surface area contributed by atoms with E-state index < -0.39 is 69.5 Å². The second-order valence-corrected chi connectivity index (χ2v) is 83.7. The van der Waals surface area contributed by atoms with Gasteiger partial charge in [0, 0.05) is 0 Å². The molecule has 222 valence electrons. The summed E-state index contributed by atoms with van der Waals surface area (Å²) in [5.41, 5.74) is 1.31. The van der Waals surface area contributed by atoms with Crippen LogP contribution in [0.5, 0.6) is 0 Å². The number of hydrogen-bond acceptors (Lipinski definition) is 0. The summed E-state index contributed by atoms with van der Waals surface area (Å²) in [6.07, 6.45) is 0. The quantitative estimate of drug-likeness (QED) is 0.117. The minimum atomic E-state index is -3.09. The third kappa shape index (κ3) is 8.89. The van der Waals surface area contributed by atoms with E-state index in [2.05, 4.69) is 132 Å². The summed E-state index contributed by atoms with van der Waals surface area (Å²) < 4.78 is 19.4. The van der Waals surface area contributed by atoms with Crippen molar-refractivity contribution in [2.45, 2.75) is 165 Å². The molecule has 7 heteroatoms. The number of allylic oxidation sites excluding steroid dienone is 1. The maximum atomic E-state index is 18.0. The molecule has 0 radical (unpaired) electrons. The van der Waals surface area contributed by atoms with Gasteiger partial charge in [0.15, 0.2) is 0 Å². The zero-order valence-corrected chi connectivity index (χ0v) is 40.0. The fraction of sp³-hybridized carbons (Fsp3) is 0.933. The summed E-state index contributed by atoms with van der Waals surface area (Å²) in [6.45, 7) is 29.6. The van der Waals surface area contributed by atoms with Gasteiger partial charge >= 0.3 is 251 Å². The predicted octanol–water partition coefficient (Wildman–Crippen LogP) is 12.6. The molecule has 0 saturated heterocycles. The molecule has 0 saturated carbocycles. The van der Waals surface area contributed by atoms with Gasteiger partial charge in [-0.1, -0.05) is 0 Å². The first-order chi connectivity index (χ1) is 15.6. The SMILES string of the molecule is C=C(C[Si](F)([CH]([Ge]([CH3])([CH3])[CH3])[Ge]([CH3])([CH3])[CH3])C(C)(C)C)[CH2][Ge]([CH3])([CH3])[CH]([Si](C)(C(C)(C)C)C(C)(C)C)[Ge]([CH3])([CH3])[CH3]. The molecular weight excluding hydrogens is 726 g/mol. The van der Waals surface area contributed by atoms with Crippen molar-refractivity contribution in [1.82, 2.24) is 0 Å². The van der Waals surface area contributed by atoms with E-state index in [0.29, 0.717) is 13.3 Å². The summed E-state index contributed by atoms with van der Waals surface area (Å²) in [5, 5.41) is 1.66. The Balaban J connectivity index is 6.87. The van der Waals surface area contributed by atoms with Crippen LogP contribution in [0, 0.1) is 0 Å². The third-order valence-electron chi connectivity index (χ3n) is 9.99. The molecule has 0 bridgehead atoms. The molecule has 0 aliphatic heterocycles. The van der Waals surface area contributed by atoms with E-state index in [4.69, 9.17) is 6.58 Å². The summed E-state index contributed by atoms with van der Waals surface area (Å²) in [5.74, 6) is 28.6. The molecule has 2 atom stereocenters. The third-order valence-corrected chi connectivity index (χ3v) is 106. The van der Waals surface area contributed by atoms with Gasteiger partial charge < -0.3 is 0 Å². The molecule has 0 amide bonds. The van der Waals surface area contributed by atoms with E-state index in [9.17, 15) is 0 Å². The standard InChI is InChI=1S/C30H71FGe4Si2/c1-25(24-37(31,30(8,9)10)26(32(11,12)13)33(14,15)16)23-35(20,21)27(34(17,18)19)36(22,28(2,3)4)29(5,6)7/h26-27H,1,23-24H2,2-22H3. The average molecular weight is 798 g/mol. The van der Waals surface area contributed by atoms with Gasteiger partial charge in [0.2, 0.25) is 0 Å². The summed E-state index contributed by atoms with van der Waals surface area (Å²) in [6, 6.07) is 0.730. The van der Waals surface area contributed by atoms with Crippen LogP contribution in [0.2, 0.25) is 103 Å². The molecule has 0 fully saturated rings. The van der Waals surface area contributed by atoms with Crippen molar-refractivity contribution in [3.63, 3.8) is 0 Å². The van der Waals surface area contributed by atoms with Crippen molar-refractivity contribution >= 4 is 69.5 Å². The predicted molar refractivity (Wildman–Crippen MR) is 191 cm³/mol. The van der Waals surface area contributed by atoms with E-state index in [-0.39, 0.29) is 5.04 Å². The van der Waals surface area contributed by atoms with Crippen molar-refractivity contribution in [1.29, 1.82) is 0 Å².